The number of fused-ring (bicyclic) bond motifs is 1. The molecule has 0 saturated carbocycles. The Bertz CT molecular complexity index is 1270. The van der Waals surface area contributed by atoms with Crippen molar-refractivity contribution >= 4 is 16.9 Å². The van der Waals surface area contributed by atoms with E-state index in [0.717, 1.165) is 55.6 Å². The summed E-state index contributed by atoms with van der Waals surface area (Å²) in [6.07, 6.45) is 6.73. The summed E-state index contributed by atoms with van der Waals surface area (Å²) in [6.45, 7) is 5.70. The number of nitrogens with zero attached hydrogens (tertiary/aromatic N) is 2. The zero-order valence-electron chi connectivity index (χ0n) is 20.4. The average Bonchev–Trinajstić information content (AvgIpc) is 3.25. The summed E-state index contributed by atoms with van der Waals surface area (Å²) in [5, 5.41) is 7.75. The quantitative estimate of drug-likeness (QED) is 0.383. The first-order valence-electron chi connectivity index (χ1n) is 12.7. The van der Waals surface area contributed by atoms with Crippen molar-refractivity contribution in [3.8, 4) is 0 Å². The van der Waals surface area contributed by atoms with Gasteiger partial charge >= 0.3 is 0 Å². The number of aromatic nitrogens is 2. The number of carbonyl (C=O) groups is 1. The number of hydrogen-bond acceptors (Lipinski definition) is 3. The molecule has 0 bridgehead atoms. The van der Waals surface area contributed by atoms with Crippen molar-refractivity contribution in [1.29, 1.82) is 0 Å². The standard InChI is InChI=1S/C30H34N4O/c1-22-7-5-10-25(17-22)27(18-29(35)33-19-23-12-15-31-16-13-23)28-21-34(20-24-8-3-2-4-9-24)30-26(28)11-6-14-32-30/h2-11,14,17,21,23,27,31H,12-13,15-16,18-20H2,1H3,(H,33,35). The summed E-state index contributed by atoms with van der Waals surface area (Å²) in [4.78, 5) is 17.9. The van der Waals surface area contributed by atoms with Crippen LogP contribution in [0.4, 0.5) is 0 Å². The van der Waals surface area contributed by atoms with Gasteiger partial charge in [0.1, 0.15) is 5.65 Å². The molecule has 1 aliphatic heterocycles. The minimum absolute atomic E-state index is 0.0355. The van der Waals surface area contributed by atoms with Crippen molar-refractivity contribution in [2.75, 3.05) is 19.6 Å². The van der Waals surface area contributed by atoms with Crippen LogP contribution >= 0.6 is 0 Å². The zero-order valence-corrected chi connectivity index (χ0v) is 20.4. The monoisotopic (exact) mass is 466 g/mol. The fraction of sp³-hybridized carbons (Fsp3) is 0.333. The summed E-state index contributed by atoms with van der Waals surface area (Å²) in [5.41, 5.74) is 5.72. The smallest absolute Gasteiger partial charge is 0.220 e. The Morgan fingerprint density at radius 1 is 1.09 bits per heavy atom. The zero-order chi connectivity index (χ0) is 24.0. The van der Waals surface area contributed by atoms with Gasteiger partial charge in [0.25, 0.3) is 0 Å². The van der Waals surface area contributed by atoms with E-state index >= 15 is 0 Å². The maximum Gasteiger partial charge on any atom is 0.220 e. The van der Waals surface area contributed by atoms with Gasteiger partial charge in [-0.1, -0.05) is 60.2 Å². The third-order valence-electron chi connectivity index (χ3n) is 7.12. The van der Waals surface area contributed by atoms with E-state index in [0.29, 0.717) is 12.3 Å². The summed E-state index contributed by atoms with van der Waals surface area (Å²) < 4.78 is 2.22. The van der Waals surface area contributed by atoms with Gasteiger partial charge in [-0.3, -0.25) is 4.79 Å². The van der Waals surface area contributed by atoms with Gasteiger partial charge in [-0.2, -0.15) is 0 Å². The number of hydrogen-bond donors (Lipinski definition) is 2. The number of rotatable bonds is 8. The lowest BCUT2D eigenvalue weighted by Crippen LogP contribution is -2.36. The predicted molar refractivity (Wildman–Crippen MR) is 142 cm³/mol. The molecule has 1 aliphatic rings. The maximum atomic E-state index is 13.2. The van der Waals surface area contributed by atoms with Crippen molar-refractivity contribution in [2.45, 2.75) is 38.6 Å². The third kappa shape index (κ3) is 5.63. The summed E-state index contributed by atoms with van der Waals surface area (Å²) >= 11 is 0. The van der Waals surface area contributed by atoms with Crippen LogP contribution in [0.15, 0.2) is 79.1 Å². The van der Waals surface area contributed by atoms with Crippen LogP contribution in [0, 0.1) is 12.8 Å². The molecule has 2 aromatic carbocycles. The van der Waals surface area contributed by atoms with Crippen LogP contribution < -0.4 is 10.6 Å². The largest absolute Gasteiger partial charge is 0.356 e. The molecule has 1 unspecified atom stereocenters. The molecule has 0 radical (unpaired) electrons. The minimum atomic E-state index is -0.0355. The second-order valence-electron chi connectivity index (χ2n) is 9.74. The first-order valence-corrected chi connectivity index (χ1v) is 12.7. The van der Waals surface area contributed by atoms with Crippen LogP contribution in [0.25, 0.3) is 11.0 Å². The molecule has 0 spiro atoms. The second kappa shape index (κ2) is 10.9. The topological polar surface area (TPSA) is 59.0 Å². The molecule has 180 valence electrons. The lowest BCUT2D eigenvalue weighted by molar-refractivity contribution is -0.121. The van der Waals surface area contributed by atoms with E-state index in [1.165, 1.54) is 16.7 Å². The Balaban J connectivity index is 1.46. The normalized spacial score (nSPS) is 15.2. The Labute approximate surface area is 207 Å². The molecule has 2 N–H and O–H groups in total. The molecule has 0 aliphatic carbocycles. The number of nitrogens with one attached hydrogen (secondary N) is 2. The molecule has 5 heteroatoms. The Kier molecular flexibility index (Phi) is 7.24. The average molecular weight is 467 g/mol. The fourth-order valence-electron chi connectivity index (χ4n) is 5.22. The van der Waals surface area contributed by atoms with Gasteiger partial charge in [0.15, 0.2) is 0 Å². The molecule has 3 heterocycles. The minimum Gasteiger partial charge on any atom is -0.356 e. The molecule has 1 saturated heterocycles. The Morgan fingerprint density at radius 3 is 2.71 bits per heavy atom. The molecular weight excluding hydrogens is 432 g/mol. The highest BCUT2D eigenvalue weighted by Gasteiger charge is 2.24. The highest BCUT2D eigenvalue weighted by Crippen LogP contribution is 2.35. The van der Waals surface area contributed by atoms with E-state index in [-0.39, 0.29) is 11.8 Å². The summed E-state index contributed by atoms with van der Waals surface area (Å²) in [6, 6.07) is 23.1. The Morgan fingerprint density at radius 2 is 1.91 bits per heavy atom. The molecule has 4 aromatic rings. The number of aryl methyl sites for hydroxylation is 1. The van der Waals surface area contributed by atoms with Gasteiger partial charge in [0.05, 0.1) is 0 Å². The van der Waals surface area contributed by atoms with Crippen molar-refractivity contribution in [2.24, 2.45) is 5.92 Å². The van der Waals surface area contributed by atoms with Crippen molar-refractivity contribution in [1.82, 2.24) is 20.2 Å². The van der Waals surface area contributed by atoms with E-state index in [4.69, 9.17) is 4.98 Å². The van der Waals surface area contributed by atoms with Crippen molar-refractivity contribution < 1.29 is 4.79 Å². The molecule has 2 aromatic heterocycles. The van der Waals surface area contributed by atoms with E-state index in [1.54, 1.807) is 0 Å². The fourth-order valence-corrected chi connectivity index (χ4v) is 5.22. The van der Waals surface area contributed by atoms with Gasteiger partial charge < -0.3 is 15.2 Å². The van der Waals surface area contributed by atoms with Gasteiger partial charge in [-0.05, 0) is 67.6 Å². The van der Waals surface area contributed by atoms with Gasteiger partial charge in [0, 0.05) is 43.2 Å². The molecule has 35 heavy (non-hydrogen) atoms. The van der Waals surface area contributed by atoms with Crippen LogP contribution in [-0.4, -0.2) is 35.1 Å². The first-order chi connectivity index (χ1) is 17.2. The van der Waals surface area contributed by atoms with Crippen LogP contribution in [-0.2, 0) is 11.3 Å². The second-order valence-corrected chi connectivity index (χ2v) is 9.74. The van der Waals surface area contributed by atoms with Crippen LogP contribution in [0.1, 0.15) is 47.4 Å². The summed E-state index contributed by atoms with van der Waals surface area (Å²) in [5.74, 6) is 0.643. The number of benzene rings is 2. The number of pyridine rings is 1. The third-order valence-corrected chi connectivity index (χ3v) is 7.12. The molecule has 1 amide bonds. The van der Waals surface area contributed by atoms with Gasteiger partial charge in [-0.15, -0.1) is 0 Å². The SMILES string of the molecule is Cc1cccc(C(CC(=O)NCC2CCNCC2)c2cn(Cc3ccccc3)c3ncccc23)c1. The molecule has 1 atom stereocenters. The van der Waals surface area contributed by atoms with Gasteiger partial charge in [-0.25, -0.2) is 4.98 Å². The Hall–Kier alpha value is -3.44. The van der Waals surface area contributed by atoms with Crippen molar-refractivity contribution in [3.05, 3.63) is 101 Å². The number of carbonyl (C=O) groups excluding carboxylic acids is 1. The van der Waals surface area contributed by atoms with Gasteiger partial charge in [0.2, 0.25) is 5.91 Å². The lowest BCUT2D eigenvalue weighted by Gasteiger charge is -2.23. The van der Waals surface area contributed by atoms with Crippen molar-refractivity contribution in [3.63, 3.8) is 0 Å². The van der Waals surface area contributed by atoms with E-state index < -0.39 is 0 Å². The van der Waals surface area contributed by atoms with Crippen LogP contribution in [0.5, 0.6) is 0 Å². The number of amides is 1. The molecule has 1 fully saturated rings. The predicted octanol–water partition coefficient (Wildman–Crippen LogP) is 5.03. The lowest BCUT2D eigenvalue weighted by atomic mass is 9.87. The van der Waals surface area contributed by atoms with E-state index in [1.807, 2.05) is 18.3 Å². The first kappa shape index (κ1) is 23.3. The van der Waals surface area contributed by atoms with Crippen LogP contribution in [0.2, 0.25) is 0 Å². The highest BCUT2D eigenvalue weighted by atomic mass is 16.1. The molecule has 5 nitrogen and oxygen atoms in total. The van der Waals surface area contributed by atoms with Crippen LogP contribution in [0.3, 0.4) is 0 Å². The maximum absolute atomic E-state index is 13.2. The van der Waals surface area contributed by atoms with E-state index in [9.17, 15) is 4.79 Å². The highest BCUT2D eigenvalue weighted by molar-refractivity contribution is 5.84. The molecule has 5 rings (SSSR count). The number of piperidine rings is 1. The molecular formula is C30H34N4O. The van der Waals surface area contributed by atoms with E-state index in [2.05, 4.69) is 82.9 Å². The summed E-state index contributed by atoms with van der Waals surface area (Å²) in [7, 11) is 0.